The van der Waals surface area contributed by atoms with Gasteiger partial charge in [-0.2, -0.15) is 0 Å². The summed E-state index contributed by atoms with van der Waals surface area (Å²) in [7, 11) is 0. The van der Waals surface area contributed by atoms with Gasteiger partial charge in [-0.15, -0.1) is 0 Å². The molecule has 3 aromatic rings. The smallest absolute Gasteiger partial charge is 0.408 e. The highest BCUT2D eigenvalue weighted by Crippen LogP contribution is 2.24. The number of carbonyl (C=O) groups is 2. The van der Waals surface area contributed by atoms with E-state index >= 15 is 0 Å². The van der Waals surface area contributed by atoms with Crippen LogP contribution >= 0.6 is 11.6 Å². The number of hydrogen-bond acceptors (Lipinski definition) is 6. The van der Waals surface area contributed by atoms with Crippen LogP contribution in [0.1, 0.15) is 23.9 Å². The average Bonchev–Trinajstić information content (AvgIpc) is 2.67. The number of nitrogen functional groups attached to an aromatic ring is 1. The predicted molar refractivity (Wildman–Crippen MR) is 105 cm³/mol. The number of fused-ring (bicyclic) bond motifs is 1. The number of primary amides is 1. The SMILES string of the molecule is NC(=O)C[C@H](NC(=O)OCc1ccccc1)c1nc(N)c2cc(Cl)ccc2n1. The van der Waals surface area contributed by atoms with Crippen molar-refractivity contribution in [2.24, 2.45) is 5.73 Å². The molecule has 0 aliphatic rings. The Balaban J connectivity index is 1.79. The number of anilines is 1. The van der Waals surface area contributed by atoms with E-state index in [1.807, 2.05) is 30.3 Å². The predicted octanol–water partition coefficient (Wildman–Crippen LogP) is 2.71. The van der Waals surface area contributed by atoms with Gasteiger partial charge in [-0.3, -0.25) is 4.79 Å². The van der Waals surface area contributed by atoms with E-state index in [1.54, 1.807) is 18.2 Å². The van der Waals surface area contributed by atoms with Gasteiger partial charge in [0.25, 0.3) is 0 Å². The van der Waals surface area contributed by atoms with Gasteiger partial charge in [-0.05, 0) is 23.8 Å². The number of amides is 2. The van der Waals surface area contributed by atoms with Crippen LogP contribution in [0.15, 0.2) is 48.5 Å². The van der Waals surface area contributed by atoms with Crippen molar-refractivity contribution in [2.45, 2.75) is 19.1 Å². The topological polar surface area (TPSA) is 133 Å². The minimum Gasteiger partial charge on any atom is -0.445 e. The molecule has 28 heavy (non-hydrogen) atoms. The molecule has 0 aliphatic heterocycles. The molecule has 0 unspecified atom stereocenters. The summed E-state index contributed by atoms with van der Waals surface area (Å²) in [6, 6.07) is 13.3. The highest BCUT2D eigenvalue weighted by molar-refractivity contribution is 6.31. The van der Waals surface area contributed by atoms with Crippen molar-refractivity contribution in [1.29, 1.82) is 0 Å². The molecule has 0 saturated carbocycles. The minimum absolute atomic E-state index is 0.0786. The van der Waals surface area contributed by atoms with Gasteiger partial charge >= 0.3 is 6.09 Å². The third-order valence-electron chi connectivity index (χ3n) is 3.93. The van der Waals surface area contributed by atoms with Gasteiger partial charge in [0.05, 0.1) is 11.9 Å². The lowest BCUT2D eigenvalue weighted by molar-refractivity contribution is -0.118. The largest absolute Gasteiger partial charge is 0.445 e. The highest BCUT2D eigenvalue weighted by atomic mass is 35.5. The van der Waals surface area contributed by atoms with E-state index in [1.165, 1.54) is 0 Å². The van der Waals surface area contributed by atoms with Crippen LogP contribution in [-0.2, 0) is 16.1 Å². The van der Waals surface area contributed by atoms with Crippen LogP contribution < -0.4 is 16.8 Å². The van der Waals surface area contributed by atoms with E-state index in [2.05, 4.69) is 15.3 Å². The van der Waals surface area contributed by atoms with Crippen molar-refractivity contribution in [3.63, 3.8) is 0 Å². The molecule has 8 nitrogen and oxygen atoms in total. The summed E-state index contributed by atoms with van der Waals surface area (Å²) in [5, 5.41) is 3.63. The molecule has 2 amide bonds. The standard InChI is InChI=1S/C19H18ClN5O3/c20-12-6-7-14-13(8-12)17(22)25-18(23-14)15(9-16(21)26)24-19(27)28-10-11-4-2-1-3-5-11/h1-8,15H,9-10H2,(H2,21,26)(H,24,27)(H2,22,23,25)/t15-/m0/s1. The quantitative estimate of drug-likeness (QED) is 0.583. The fourth-order valence-electron chi connectivity index (χ4n) is 2.61. The second-order valence-electron chi connectivity index (χ2n) is 6.06. The van der Waals surface area contributed by atoms with E-state index in [-0.39, 0.29) is 24.7 Å². The summed E-state index contributed by atoms with van der Waals surface area (Å²) in [6.45, 7) is 0.0786. The molecule has 0 aliphatic carbocycles. The van der Waals surface area contributed by atoms with E-state index in [0.717, 1.165) is 5.56 Å². The Bertz CT molecular complexity index is 1010. The van der Waals surface area contributed by atoms with Crippen molar-refractivity contribution in [3.05, 3.63) is 64.9 Å². The Labute approximate surface area is 165 Å². The Morgan fingerprint density at radius 1 is 1.14 bits per heavy atom. The molecule has 0 bridgehead atoms. The highest BCUT2D eigenvalue weighted by Gasteiger charge is 2.22. The van der Waals surface area contributed by atoms with Gasteiger partial charge in [0, 0.05) is 10.4 Å². The average molecular weight is 400 g/mol. The first-order chi connectivity index (χ1) is 13.4. The third-order valence-corrected chi connectivity index (χ3v) is 4.16. The molecular weight excluding hydrogens is 382 g/mol. The van der Waals surface area contributed by atoms with Crippen LogP contribution in [-0.4, -0.2) is 22.0 Å². The van der Waals surface area contributed by atoms with Crippen LogP contribution in [0.25, 0.3) is 10.9 Å². The number of ether oxygens (including phenoxy) is 1. The zero-order valence-corrected chi connectivity index (χ0v) is 15.5. The van der Waals surface area contributed by atoms with Crippen LogP contribution in [0.2, 0.25) is 5.02 Å². The van der Waals surface area contributed by atoms with E-state index in [9.17, 15) is 9.59 Å². The fourth-order valence-corrected chi connectivity index (χ4v) is 2.79. The molecule has 1 atom stereocenters. The van der Waals surface area contributed by atoms with E-state index < -0.39 is 18.0 Å². The second-order valence-corrected chi connectivity index (χ2v) is 6.49. The number of halogens is 1. The first-order valence-corrected chi connectivity index (χ1v) is 8.78. The molecule has 0 fully saturated rings. The Hall–Kier alpha value is -3.39. The van der Waals surface area contributed by atoms with E-state index in [4.69, 9.17) is 27.8 Å². The van der Waals surface area contributed by atoms with E-state index in [0.29, 0.717) is 15.9 Å². The molecular formula is C19H18ClN5O3. The summed E-state index contributed by atoms with van der Waals surface area (Å²) in [6.07, 6.45) is -0.938. The van der Waals surface area contributed by atoms with Crippen LogP contribution in [0.5, 0.6) is 0 Å². The zero-order chi connectivity index (χ0) is 20.1. The number of alkyl carbamates (subject to hydrolysis) is 1. The van der Waals surface area contributed by atoms with Crippen molar-refractivity contribution in [3.8, 4) is 0 Å². The molecule has 1 aromatic heterocycles. The first-order valence-electron chi connectivity index (χ1n) is 8.40. The molecule has 2 aromatic carbocycles. The maximum absolute atomic E-state index is 12.2. The number of rotatable bonds is 6. The summed E-state index contributed by atoms with van der Waals surface area (Å²) >= 11 is 5.97. The molecule has 1 heterocycles. The molecule has 9 heteroatoms. The monoisotopic (exact) mass is 399 g/mol. The Morgan fingerprint density at radius 3 is 2.61 bits per heavy atom. The summed E-state index contributed by atoms with van der Waals surface area (Å²) < 4.78 is 5.19. The van der Waals surface area contributed by atoms with Gasteiger partial charge in [-0.1, -0.05) is 41.9 Å². The van der Waals surface area contributed by atoms with Gasteiger partial charge in [-0.25, -0.2) is 14.8 Å². The Morgan fingerprint density at radius 2 is 1.89 bits per heavy atom. The first kappa shape index (κ1) is 19.4. The molecule has 0 saturated heterocycles. The van der Waals surface area contributed by atoms with Crippen molar-refractivity contribution in [1.82, 2.24) is 15.3 Å². The van der Waals surface area contributed by atoms with Crippen LogP contribution in [0.3, 0.4) is 0 Å². The fraction of sp³-hybridized carbons (Fsp3) is 0.158. The van der Waals surface area contributed by atoms with Gasteiger partial charge in [0.15, 0.2) is 5.82 Å². The maximum atomic E-state index is 12.2. The number of aromatic nitrogens is 2. The molecule has 5 N–H and O–H groups in total. The lowest BCUT2D eigenvalue weighted by Gasteiger charge is -2.17. The minimum atomic E-state index is -0.886. The van der Waals surface area contributed by atoms with Crippen molar-refractivity contribution in [2.75, 3.05) is 5.73 Å². The normalized spacial score (nSPS) is 11.8. The number of benzene rings is 2. The van der Waals surface area contributed by atoms with Gasteiger partial charge in [0.2, 0.25) is 5.91 Å². The number of nitrogens with zero attached hydrogens (tertiary/aromatic N) is 2. The number of carbonyl (C=O) groups excluding carboxylic acids is 2. The van der Waals surface area contributed by atoms with Crippen molar-refractivity contribution >= 4 is 40.3 Å². The number of nitrogens with two attached hydrogens (primary N) is 2. The lowest BCUT2D eigenvalue weighted by Crippen LogP contribution is -2.33. The van der Waals surface area contributed by atoms with Crippen molar-refractivity contribution < 1.29 is 14.3 Å². The van der Waals surface area contributed by atoms with Gasteiger partial charge in [0.1, 0.15) is 18.5 Å². The maximum Gasteiger partial charge on any atom is 0.408 e. The zero-order valence-electron chi connectivity index (χ0n) is 14.8. The van der Waals surface area contributed by atoms with Crippen LogP contribution in [0, 0.1) is 0 Å². The molecule has 0 spiro atoms. The Kier molecular flexibility index (Phi) is 5.90. The van der Waals surface area contributed by atoms with Crippen LogP contribution in [0.4, 0.5) is 10.6 Å². The summed E-state index contributed by atoms with van der Waals surface area (Å²) in [4.78, 5) is 32.2. The number of hydrogen-bond donors (Lipinski definition) is 3. The third kappa shape index (κ3) is 4.86. The number of nitrogens with one attached hydrogen (secondary N) is 1. The molecule has 3 rings (SSSR count). The second kappa shape index (κ2) is 8.53. The summed E-state index contributed by atoms with van der Waals surface area (Å²) in [5.41, 5.74) is 12.7. The molecule has 144 valence electrons. The summed E-state index contributed by atoms with van der Waals surface area (Å²) in [5.74, 6) is -0.300. The lowest BCUT2D eigenvalue weighted by atomic mass is 10.1. The molecule has 0 radical (unpaired) electrons. The van der Waals surface area contributed by atoms with Gasteiger partial charge < -0.3 is 21.5 Å².